The second-order valence-electron chi connectivity index (χ2n) is 4.63. The van der Waals surface area contributed by atoms with E-state index in [1.165, 1.54) is 0 Å². The third-order valence-electron chi connectivity index (χ3n) is 2.57. The first kappa shape index (κ1) is 12.3. The molecule has 0 aliphatic heterocycles. The van der Waals surface area contributed by atoms with E-state index < -0.39 is 0 Å². The van der Waals surface area contributed by atoms with Crippen molar-refractivity contribution in [2.24, 2.45) is 11.7 Å². The normalized spacial score (nSPS) is 13.2. The van der Waals surface area contributed by atoms with Gasteiger partial charge in [0.2, 0.25) is 0 Å². The van der Waals surface area contributed by atoms with Gasteiger partial charge in [-0.15, -0.1) is 11.3 Å². The van der Waals surface area contributed by atoms with Crippen molar-refractivity contribution in [1.82, 2.24) is 9.97 Å². The Kier molecular flexibility index (Phi) is 3.91. The number of nitrogens with two attached hydrogens (primary N) is 1. The minimum atomic E-state index is 0.165. The summed E-state index contributed by atoms with van der Waals surface area (Å²) in [4.78, 5) is 9.49. The fourth-order valence-corrected chi connectivity index (χ4v) is 2.58. The average Bonchev–Trinajstić information content (AvgIpc) is 2.73. The molecule has 3 N–H and O–H groups in total. The molecule has 0 aliphatic carbocycles. The summed E-state index contributed by atoms with van der Waals surface area (Å²) in [6.07, 6.45) is 2.61. The van der Waals surface area contributed by atoms with Crippen LogP contribution in [-0.4, -0.2) is 22.6 Å². The minimum absolute atomic E-state index is 0.165. The fraction of sp³-hybridized carbons (Fsp3) is 0.500. The van der Waals surface area contributed by atoms with E-state index in [1.807, 2.05) is 11.4 Å². The van der Waals surface area contributed by atoms with Gasteiger partial charge in [-0.2, -0.15) is 0 Å². The zero-order valence-electron chi connectivity index (χ0n) is 10.2. The second-order valence-corrected chi connectivity index (χ2v) is 5.53. The molecule has 0 radical (unpaired) electrons. The molecule has 0 bridgehead atoms. The molecule has 2 aromatic heterocycles. The van der Waals surface area contributed by atoms with Gasteiger partial charge in [-0.25, -0.2) is 9.97 Å². The second kappa shape index (κ2) is 5.42. The smallest absolute Gasteiger partial charge is 0.138 e. The van der Waals surface area contributed by atoms with E-state index in [4.69, 9.17) is 5.73 Å². The lowest BCUT2D eigenvalue weighted by molar-refractivity contribution is 0.508. The quantitative estimate of drug-likeness (QED) is 0.855. The van der Waals surface area contributed by atoms with Gasteiger partial charge < -0.3 is 11.1 Å². The van der Waals surface area contributed by atoms with E-state index >= 15 is 0 Å². The Morgan fingerprint density at radius 3 is 3.00 bits per heavy atom. The molecule has 0 fully saturated rings. The van der Waals surface area contributed by atoms with Crippen molar-refractivity contribution in [3.8, 4) is 0 Å². The van der Waals surface area contributed by atoms with Crippen LogP contribution >= 0.6 is 11.3 Å². The fourth-order valence-electron chi connectivity index (χ4n) is 1.85. The van der Waals surface area contributed by atoms with Crippen LogP contribution in [0.25, 0.3) is 10.2 Å². The number of thiophene rings is 1. The molecule has 2 aromatic rings. The maximum atomic E-state index is 6.04. The lowest BCUT2D eigenvalue weighted by Crippen LogP contribution is -2.30. The van der Waals surface area contributed by atoms with Gasteiger partial charge >= 0.3 is 0 Å². The third-order valence-corrected chi connectivity index (χ3v) is 3.39. The standard InChI is InChI=1S/C12H18N4S/c1-8(2)5-9(13)6-14-11-10-3-4-17-12(10)16-7-15-11/h3-4,7-9H,5-6,13H2,1-2H3,(H,14,15,16). The van der Waals surface area contributed by atoms with Crippen LogP contribution in [0.3, 0.4) is 0 Å². The Balaban J connectivity index is 2.01. The van der Waals surface area contributed by atoms with Crippen LogP contribution in [0.5, 0.6) is 0 Å². The van der Waals surface area contributed by atoms with E-state index in [0.29, 0.717) is 5.92 Å². The summed E-state index contributed by atoms with van der Waals surface area (Å²) in [6, 6.07) is 2.20. The van der Waals surface area contributed by atoms with Crippen molar-refractivity contribution >= 4 is 27.4 Å². The summed E-state index contributed by atoms with van der Waals surface area (Å²) >= 11 is 1.62. The van der Waals surface area contributed by atoms with E-state index in [-0.39, 0.29) is 6.04 Å². The summed E-state index contributed by atoms with van der Waals surface area (Å²) in [6.45, 7) is 5.11. The molecule has 17 heavy (non-hydrogen) atoms. The Labute approximate surface area is 105 Å². The first-order valence-electron chi connectivity index (χ1n) is 5.84. The van der Waals surface area contributed by atoms with Gasteiger partial charge in [0.05, 0.1) is 5.39 Å². The van der Waals surface area contributed by atoms with Crippen molar-refractivity contribution in [3.05, 3.63) is 17.8 Å². The van der Waals surface area contributed by atoms with Gasteiger partial charge in [0.1, 0.15) is 17.0 Å². The Morgan fingerprint density at radius 1 is 1.41 bits per heavy atom. The Morgan fingerprint density at radius 2 is 2.24 bits per heavy atom. The molecule has 0 aliphatic rings. The summed E-state index contributed by atoms with van der Waals surface area (Å²) < 4.78 is 0. The molecule has 92 valence electrons. The Bertz CT molecular complexity index is 480. The molecule has 1 atom stereocenters. The van der Waals surface area contributed by atoms with Gasteiger partial charge in [0.25, 0.3) is 0 Å². The summed E-state index contributed by atoms with van der Waals surface area (Å²) in [5.41, 5.74) is 6.04. The van der Waals surface area contributed by atoms with Crippen molar-refractivity contribution in [3.63, 3.8) is 0 Å². The maximum Gasteiger partial charge on any atom is 0.138 e. The topological polar surface area (TPSA) is 63.8 Å². The predicted octanol–water partition coefficient (Wildman–Crippen LogP) is 2.48. The molecule has 0 saturated carbocycles. The lowest BCUT2D eigenvalue weighted by Gasteiger charge is -2.15. The largest absolute Gasteiger partial charge is 0.368 e. The average molecular weight is 250 g/mol. The molecule has 0 saturated heterocycles. The van der Waals surface area contributed by atoms with Gasteiger partial charge in [-0.1, -0.05) is 13.8 Å². The highest BCUT2D eigenvalue weighted by Crippen LogP contribution is 2.23. The SMILES string of the molecule is CC(C)CC(N)CNc1ncnc2sccc12. The highest BCUT2D eigenvalue weighted by atomic mass is 32.1. The van der Waals surface area contributed by atoms with Crippen LogP contribution in [0.1, 0.15) is 20.3 Å². The van der Waals surface area contributed by atoms with Gasteiger partial charge in [0, 0.05) is 12.6 Å². The van der Waals surface area contributed by atoms with Crippen LogP contribution in [0, 0.1) is 5.92 Å². The number of nitrogens with one attached hydrogen (secondary N) is 1. The number of anilines is 1. The number of nitrogens with zero attached hydrogens (tertiary/aromatic N) is 2. The molecule has 2 heterocycles. The van der Waals surface area contributed by atoms with Crippen LogP contribution < -0.4 is 11.1 Å². The van der Waals surface area contributed by atoms with Gasteiger partial charge in [0.15, 0.2) is 0 Å². The zero-order valence-corrected chi connectivity index (χ0v) is 11.0. The molecule has 1 unspecified atom stereocenters. The van der Waals surface area contributed by atoms with Crippen molar-refractivity contribution in [1.29, 1.82) is 0 Å². The molecular weight excluding hydrogens is 232 g/mol. The predicted molar refractivity (Wildman–Crippen MR) is 73.3 cm³/mol. The molecule has 0 aromatic carbocycles. The zero-order chi connectivity index (χ0) is 12.3. The van der Waals surface area contributed by atoms with E-state index in [0.717, 1.165) is 29.0 Å². The molecule has 4 nitrogen and oxygen atoms in total. The maximum absolute atomic E-state index is 6.04. The molecule has 0 spiro atoms. The summed E-state index contributed by atoms with van der Waals surface area (Å²) in [5, 5.41) is 6.41. The highest BCUT2D eigenvalue weighted by Gasteiger charge is 2.08. The summed E-state index contributed by atoms with van der Waals surface area (Å²) in [5.74, 6) is 1.51. The molecule has 0 amide bonds. The number of fused-ring (bicyclic) bond motifs is 1. The summed E-state index contributed by atoms with van der Waals surface area (Å²) in [7, 11) is 0. The van der Waals surface area contributed by atoms with Crippen molar-refractivity contribution < 1.29 is 0 Å². The minimum Gasteiger partial charge on any atom is -0.368 e. The van der Waals surface area contributed by atoms with E-state index in [1.54, 1.807) is 17.7 Å². The van der Waals surface area contributed by atoms with Crippen LogP contribution in [0.4, 0.5) is 5.82 Å². The van der Waals surface area contributed by atoms with Crippen LogP contribution in [0.15, 0.2) is 17.8 Å². The monoisotopic (exact) mass is 250 g/mol. The van der Waals surface area contributed by atoms with Crippen molar-refractivity contribution in [2.75, 3.05) is 11.9 Å². The van der Waals surface area contributed by atoms with Crippen LogP contribution in [-0.2, 0) is 0 Å². The van der Waals surface area contributed by atoms with Crippen LogP contribution in [0.2, 0.25) is 0 Å². The number of rotatable bonds is 5. The number of hydrogen-bond acceptors (Lipinski definition) is 5. The van der Waals surface area contributed by atoms with E-state index in [2.05, 4.69) is 29.1 Å². The molecule has 5 heteroatoms. The molecular formula is C12H18N4S. The van der Waals surface area contributed by atoms with Gasteiger partial charge in [-0.05, 0) is 23.8 Å². The lowest BCUT2D eigenvalue weighted by atomic mass is 10.0. The van der Waals surface area contributed by atoms with E-state index in [9.17, 15) is 0 Å². The molecule has 2 rings (SSSR count). The van der Waals surface area contributed by atoms with Gasteiger partial charge in [-0.3, -0.25) is 0 Å². The first-order chi connectivity index (χ1) is 8.16. The van der Waals surface area contributed by atoms with Crippen molar-refractivity contribution in [2.45, 2.75) is 26.3 Å². The number of hydrogen-bond donors (Lipinski definition) is 2. The third kappa shape index (κ3) is 3.14. The Hall–Kier alpha value is -1.20. The highest BCUT2D eigenvalue weighted by molar-refractivity contribution is 7.16. The number of aromatic nitrogens is 2. The first-order valence-corrected chi connectivity index (χ1v) is 6.72.